The second kappa shape index (κ2) is 13.6. The highest BCUT2D eigenvalue weighted by Crippen LogP contribution is 1.91. The quantitative estimate of drug-likeness (QED) is 0.314. The number of hydrogen-bond donors (Lipinski definition) is 1. The minimum Gasteiger partial charge on any atom is -0.498 e. The summed E-state index contributed by atoms with van der Waals surface area (Å²) >= 11 is 0. The minimum atomic E-state index is -0.989. The van der Waals surface area contributed by atoms with Gasteiger partial charge in [-0.2, -0.15) is 0 Å². The van der Waals surface area contributed by atoms with Crippen molar-refractivity contribution in [1.29, 1.82) is 0 Å². The molecule has 0 radical (unpaired) electrons. The van der Waals surface area contributed by atoms with E-state index >= 15 is 0 Å². The summed E-state index contributed by atoms with van der Waals surface area (Å²) < 4.78 is 13.7. The third kappa shape index (κ3) is 15.5. The number of rotatable bonds is 8. The summed E-state index contributed by atoms with van der Waals surface area (Å²) in [5.41, 5.74) is 0.148. The zero-order chi connectivity index (χ0) is 15.1. The van der Waals surface area contributed by atoms with E-state index in [0.717, 1.165) is 18.6 Å². The molecule has 0 saturated carbocycles. The van der Waals surface area contributed by atoms with Crippen LogP contribution in [0.25, 0.3) is 0 Å². The molecule has 106 valence electrons. The molecule has 0 aromatic rings. The molecule has 0 unspecified atom stereocenters. The first-order chi connectivity index (χ1) is 8.99. The van der Waals surface area contributed by atoms with Crippen molar-refractivity contribution in [3.63, 3.8) is 0 Å². The number of ether oxygens (including phenoxy) is 3. The van der Waals surface area contributed by atoms with Crippen molar-refractivity contribution >= 4 is 11.9 Å². The van der Waals surface area contributed by atoms with Crippen molar-refractivity contribution in [2.24, 2.45) is 0 Å². The van der Waals surface area contributed by atoms with Crippen LogP contribution in [0, 0.1) is 0 Å². The van der Waals surface area contributed by atoms with Crippen LogP contribution in [0.1, 0.15) is 6.92 Å². The predicted octanol–water partition coefficient (Wildman–Crippen LogP) is 2.01. The first-order valence-electron chi connectivity index (χ1n) is 5.17. The first-order valence-corrected chi connectivity index (χ1v) is 5.17. The molecule has 19 heavy (non-hydrogen) atoms. The molecule has 0 heterocycles. The Labute approximate surface area is 112 Å². The molecular formula is C13H18O6. The van der Waals surface area contributed by atoms with E-state index in [1.165, 1.54) is 13.2 Å². The molecule has 0 aromatic carbocycles. The molecule has 0 rings (SSSR count). The second-order valence-corrected chi connectivity index (χ2v) is 2.82. The van der Waals surface area contributed by atoms with Crippen molar-refractivity contribution in [2.75, 3.05) is 13.2 Å². The molecule has 0 amide bonds. The lowest BCUT2D eigenvalue weighted by atomic mass is 10.4. The van der Waals surface area contributed by atoms with Crippen LogP contribution in [0.3, 0.4) is 0 Å². The van der Waals surface area contributed by atoms with Gasteiger partial charge in [-0.15, -0.1) is 0 Å². The fourth-order valence-electron chi connectivity index (χ4n) is 0.533. The predicted molar refractivity (Wildman–Crippen MR) is 70.0 cm³/mol. The topological polar surface area (TPSA) is 82.1 Å². The van der Waals surface area contributed by atoms with Gasteiger partial charge in [0.25, 0.3) is 0 Å². The van der Waals surface area contributed by atoms with E-state index in [0.29, 0.717) is 6.61 Å². The summed E-state index contributed by atoms with van der Waals surface area (Å²) in [4.78, 5) is 20.4. The number of carbonyl (C=O) groups is 2. The van der Waals surface area contributed by atoms with Crippen molar-refractivity contribution in [3.8, 4) is 0 Å². The van der Waals surface area contributed by atoms with E-state index < -0.39 is 11.9 Å². The molecule has 0 bridgehead atoms. The maximum absolute atomic E-state index is 10.4. The summed E-state index contributed by atoms with van der Waals surface area (Å²) in [7, 11) is 0. The minimum absolute atomic E-state index is 0.148. The summed E-state index contributed by atoms with van der Waals surface area (Å²) in [6.45, 7) is 11.8. The summed E-state index contributed by atoms with van der Waals surface area (Å²) in [5.74, 6) is -1.43. The monoisotopic (exact) mass is 270 g/mol. The van der Waals surface area contributed by atoms with Gasteiger partial charge >= 0.3 is 11.9 Å². The van der Waals surface area contributed by atoms with Crippen LogP contribution in [0.15, 0.2) is 50.2 Å². The highest BCUT2D eigenvalue weighted by atomic mass is 16.6. The zero-order valence-electron chi connectivity index (χ0n) is 10.8. The smallest absolute Gasteiger partial charge is 0.334 e. The van der Waals surface area contributed by atoms with E-state index in [1.807, 2.05) is 0 Å². The van der Waals surface area contributed by atoms with Crippen LogP contribution >= 0.6 is 0 Å². The van der Waals surface area contributed by atoms with E-state index in [-0.39, 0.29) is 12.2 Å². The van der Waals surface area contributed by atoms with Gasteiger partial charge in [0.05, 0.1) is 18.1 Å². The molecule has 0 saturated heterocycles. The number of carbonyl (C=O) groups excluding carboxylic acids is 1. The highest BCUT2D eigenvalue weighted by molar-refractivity contribution is 5.85. The van der Waals surface area contributed by atoms with Gasteiger partial charge < -0.3 is 19.3 Å². The number of carboxylic acid groups (broad SMARTS) is 1. The molecule has 0 aliphatic carbocycles. The van der Waals surface area contributed by atoms with Gasteiger partial charge in [0, 0.05) is 6.08 Å². The highest BCUT2D eigenvalue weighted by Gasteiger charge is 1.97. The zero-order valence-corrected chi connectivity index (χ0v) is 10.8. The van der Waals surface area contributed by atoms with Crippen LogP contribution in [-0.2, 0) is 23.8 Å². The normalized spacial score (nSPS) is 9.21. The Bertz CT molecular complexity index is 343. The Balaban J connectivity index is 0. The van der Waals surface area contributed by atoms with Crippen LogP contribution in [-0.4, -0.2) is 30.3 Å². The number of aliphatic carboxylic acids is 1. The Kier molecular flexibility index (Phi) is 13.5. The maximum Gasteiger partial charge on any atom is 0.334 e. The third-order valence-electron chi connectivity index (χ3n) is 1.41. The fraction of sp³-hybridized carbons (Fsp3) is 0.231. The van der Waals surface area contributed by atoms with Crippen molar-refractivity contribution < 1.29 is 28.9 Å². The van der Waals surface area contributed by atoms with Crippen LogP contribution in [0.4, 0.5) is 0 Å². The number of esters is 1. The van der Waals surface area contributed by atoms with Gasteiger partial charge in [0.2, 0.25) is 0 Å². The first kappa shape index (κ1) is 18.9. The van der Waals surface area contributed by atoms with Gasteiger partial charge in [-0.3, -0.25) is 0 Å². The number of carboxylic acids is 1. The van der Waals surface area contributed by atoms with Crippen LogP contribution in [0.5, 0.6) is 0 Å². The molecule has 0 spiro atoms. The average Bonchev–Trinajstić information content (AvgIpc) is 2.41. The SMILES string of the molecule is C=COC=C(C)C(=O)O.C=COCCOC(=O)C=C. The summed E-state index contributed by atoms with van der Waals surface area (Å²) in [5, 5.41) is 8.23. The Morgan fingerprint density at radius 2 is 1.79 bits per heavy atom. The van der Waals surface area contributed by atoms with E-state index in [9.17, 15) is 9.59 Å². The van der Waals surface area contributed by atoms with E-state index in [2.05, 4.69) is 33.9 Å². The Morgan fingerprint density at radius 1 is 1.16 bits per heavy atom. The molecule has 0 aliphatic heterocycles. The maximum atomic E-state index is 10.4. The largest absolute Gasteiger partial charge is 0.498 e. The van der Waals surface area contributed by atoms with Gasteiger partial charge in [-0.1, -0.05) is 19.7 Å². The molecule has 6 nitrogen and oxygen atoms in total. The molecule has 0 atom stereocenters. The third-order valence-corrected chi connectivity index (χ3v) is 1.41. The molecule has 0 aromatic heterocycles. The van der Waals surface area contributed by atoms with Gasteiger partial charge in [0.1, 0.15) is 19.5 Å². The lowest BCUT2D eigenvalue weighted by Gasteiger charge is -1.99. The molecule has 0 fully saturated rings. The van der Waals surface area contributed by atoms with Crippen molar-refractivity contribution in [3.05, 3.63) is 50.2 Å². The molecule has 0 aliphatic rings. The van der Waals surface area contributed by atoms with E-state index in [4.69, 9.17) is 5.11 Å². The van der Waals surface area contributed by atoms with Gasteiger partial charge in [-0.05, 0) is 6.92 Å². The standard InChI is InChI=1S/C7H10O3.C6H8O3/c1-3-7(8)10-6-5-9-4-2;1-3-9-4-5(2)6(7)8/h3-4H,1-2,5-6H2;3-4H,1H2,2H3,(H,7,8). The molecule has 1 N–H and O–H groups in total. The van der Waals surface area contributed by atoms with Gasteiger partial charge in [0.15, 0.2) is 0 Å². The Morgan fingerprint density at radius 3 is 2.21 bits per heavy atom. The average molecular weight is 270 g/mol. The van der Waals surface area contributed by atoms with Crippen LogP contribution < -0.4 is 0 Å². The lowest BCUT2D eigenvalue weighted by Crippen LogP contribution is -2.05. The fourth-order valence-corrected chi connectivity index (χ4v) is 0.533. The molecular weight excluding hydrogens is 252 g/mol. The Hall–Kier alpha value is -2.50. The van der Waals surface area contributed by atoms with Gasteiger partial charge in [-0.25, -0.2) is 9.59 Å². The van der Waals surface area contributed by atoms with Crippen molar-refractivity contribution in [1.82, 2.24) is 0 Å². The van der Waals surface area contributed by atoms with Crippen LogP contribution in [0.2, 0.25) is 0 Å². The lowest BCUT2D eigenvalue weighted by molar-refractivity contribution is -0.138. The summed E-state index contributed by atoms with van der Waals surface area (Å²) in [6, 6.07) is 0. The van der Waals surface area contributed by atoms with E-state index in [1.54, 1.807) is 0 Å². The number of hydrogen-bond acceptors (Lipinski definition) is 5. The summed E-state index contributed by atoms with van der Waals surface area (Å²) in [6.07, 6.45) is 4.68. The second-order valence-electron chi connectivity index (χ2n) is 2.82. The molecule has 6 heteroatoms. The van der Waals surface area contributed by atoms with Crippen molar-refractivity contribution in [2.45, 2.75) is 6.92 Å².